The van der Waals surface area contributed by atoms with E-state index >= 15 is 0 Å². The molecule has 0 bridgehead atoms. The molecule has 2 nitrogen and oxygen atoms in total. The highest BCUT2D eigenvalue weighted by atomic mass is 79.9. The first kappa shape index (κ1) is 13.1. The minimum absolute atomic E-state index is 0.130. The van der Waals surface area contributed by atoms with Crippen LogP contribution in [0.4, 0.5) is 0 Å². The van der Waals surface area contributed by atoms with Crippen molar-refractivity contribution in [1.82, 2.24) is 4.57 Å². The summed E-state index contributed by atoms with van der Waals surface area (Å²) in [5, 5.41) is 0. The molecule has 0 saturated heterocycles. The molecule has 1 aromatic heterocycles. The van der Waals surface area contributed by atoms with Crippen LogP contribution in [-0.4, -0.2) is 10.4 Å². The van der Waals surface area contributed by atoms with Gasteiger partial charge in [-0.1, -0.05) is 28.1 Å². The summed E-state index contributed by atoms with van der Waals surface area (Å²) in [6, 6.07) is 10.2. The Labute approximate surface area is 116 Å². The van der Waals surface area contributed by atoms with E-state index in [-0.39, 0.29) is 5.78 Å². The lowest BCUT2D eigenvalue weighted by Gasteiger charge is -2.10. The average Bonchev–Trinajstić information content (AvgIpc) is 2.60. The van der Waals surface area contributed by atoms with Gasteiger partial charge in [0.15, 0.2) is 5.78 Å². The van der Waals surface area contributed by atoms with Crippen LogP contribution in [0.15, 0.2) is 34.8 Å². The number of carbonyl (C=O) groups is 1. The first-order valence-electron chi connectivity index (χ1n) is 5.91. The molecule has 0 aliphatic heterocycles. The molecule has 18 heavy (non-hydrogen) atoms. The molecule has 0 unspecified atom stereocenters. The number of Topliss-reactive ketones (excluding diaryl/α,β-unsaturated/α-hetero) is 1. The number of aromatic nitrogens is 1. The number of rotatable bonds is 3. The van der Waals surface area contributed by atoms with Gasteiger partial charge < -0.3 is 4.57 Å². The van der Waals surface area contributed by atoms with Gasteiger partial charge in [0, 0.05) is 28.0 Å². The van der Waals surface area contributed by atoms with Crippen LogP contribution in [0.3, 0.4) is 0 Å². The predicted molar refractivity (Wildman–Crippen MR) is 77.2 cm³/mol. The van der Waals surface area contributed by atoms with Crippen molar-refractivity contribution in [2.45, 2.75) is 27.3 Å². The number of ketones is 1. The van der Waals surface area contributed by atoms with E-state index in [9.17, 15) is 4.79 Å². The molecule has 0 N–H and O–H groups in total. The molecule has 0 saturated carbocycles. The Morgan fingerprint density at radius 3 is 2.33 bits per heavy atom. The lowest BCUT2D eigenvalue weighted by molar-refractivity contribution is 0.101. The topological polar surface area (TPSA) is 22.0 Å². The lowest BCUT2D eigenvalue weighted by atomic mass is 10.2. The Kier molecular flexibility index (Phi) is 3.71. The van der Waals surface area contributed by atoms with Gasteiger partial charge in [-0.15, -0.1) is 0 Å². The fourth-order valence-corrected chi connectivity index (χ4v) is 2.44. The molecular weight excluding hydrogens is 290 g/mol. The highest BCUT2D eigenvalue weighted by Gasteiger charge is 2.12. The number of hydrogen-bond donors (Lipinski definition) is 0. The fraction of sp³-hybridized carbons (Fsp3) is 0.267. The van der Waals surface area contributed by atoms with E-state index in [0.717, 1.165) is 28.0 Å². The second kappa shape index (κ2) is 5.11. The van der Waals surface area contributed by atoms with Crippen molar-refractivity contribution in [3.05, 3.63) is 57.3 Å². The molecule has 0 aliphatic carbocycles. The summed E-state index contributed by atoms with van der Waals surface area (Å²) < 4.78 is 3.26. The van der Waals surface area contributed by atoms with Crippen LogP contribution in [-0.2, 0) is 6.54 Å². The Morgan fingerprint density at radius 1 is 1.22 bits per heavy atom. The van der Waals surface area contributed by atoms with Crippen LogP contribution in [0.2, 0.25) is 0 Å². The Morgan fingerprint density at radius 2 is 1.83 bits per heavy atom. The predicted octanol–water partition coefficient (Wildman–Crippen LogP) is 4.12. The Balaban J connectivity index is 2.34. The second-order valence-electron chi connectivity index (χ2n) is 4.55. The molecule has 0 spiro atoms. The number of nitrogens with zero attached hydrogens (tertiary/aromatic N) is 1. The zero-order valence-corrected chi connectivity index (χ0v) is 12.4. The molecule has 0 aliphatic rings. The van der Waals surface area contributed by atoms with Gasteiger partial charge in [0.2, 0.25) is 0 Å². The van der Waals surface area contributed by atoms with Crippen LogP contribution in [0, 0.1) is 13.8 Å². The first-order valence-corrected chi connectivity index (χ1v) is 6.70. The molecule has 0 radical (unpaired) electrons. The van der Waals surface area contributed by atoms with Gasteiger partial charge in [0.25, 0.3) is 0 Å². The summed E-state index contributed by atoms with van der Waals surface area (Å²) >= 11 is 3.43. The molecule has 0 amide bonds. The highest BCUT2D eigenvalue weighted by Crippen LogP contribution is 2.18. The summed E-state index contributed by atoms with van der Waals surface area (Å²) in [6.07, 6.45) is 0. The van der Waals surface area contributed by atoms with Crippen molar-refractivity contribution in [2.75, 3.05) is 0 Å². The molecule has 2 aromatic rings. The third-order valence-corrected chi connectivity index (χ3v) is 3.74. The molecular formula is C15H16BrNO. The van der Waals surface area contributed by atoms with Gasteiger partial charge in [0.1, 0.15) is 0 Å². The monoisotopic (exact) mass is 305 g/mol. The van der Waals surface area contributed by atoms with E-state index in [4.69, 9.17) is 0 Å². The van der Waals surface area contributed by atoms with Crippen LogP contribution in [0.1, 0.15) is 34.2 Å². The molecule has 1 aromatic carbocycles. The second-order valence-corrected chi connectivity index (χ2v) is 5.47. The van der Waals surface area contributed by atoms with E-state index in [2.05, 4.69) is 32.6 Å². The van der Waals surface area contributed by atoms with Gasteiger partial charge in [-0.3, -0.25) is 4.79 Å². The van der Waals surface area contributed by atoms with E-state index in [1.807, 2.05) is 32.0 Å². The van der Waals surface area contributed by atoms with Crippen LogP contribution < -0.4 is 0 Å². The van der Waals surface area contributed by atoms with Gasteiger partial charge in [0.05, 0.1) is 0 Å². The SMILES string of the molecule is CC(=O)c1cc(C)n(Cc2ccc(Br)cc2)c1C. The van der Waals surface area contributed by atoms with Crippen molar-refractivity contribution in [3.63, 3.8) is 0 Å². The van der Waals surface area contributed by atoms with Gasteiger partial charge in [-0.05, 0) is 44.5 Å². The highest BCUT2D eigenvalue weighted by molar-refractivity contribution is 9.10. The number of aryl methyl sites for hydroxylation is 1. The zero-order valence-electron chi connectivity index (χ0n) is 10.8. The summed E-state index contributed by atoms with van der Waals surface area (Å²) in [4.78, 5) is 11.5. The summed E-state index contributed by atoms with van der Waals surface area (Å²) in [7, 11) is 0. The summed E-state index contributed by atoms with van der Waals surface area (Å²) in [5.74, 6) is 0.130. The standard InChI is InChI=1S/C15H16BrNO/c1-10-8-15(12(3)18)11(2)17(10)9-13-4-6-14(16)7-5-13/h4-8H,9H2,1-3H3. The van der Waals surface area contributed by atoms with E-state index < -0.39 is 0 Å². The number of carbonyl (C=O) groups excluding carboxylic acids is 1. The van der Waals surface area contributed by atoms with Crippen LogP contribution in [0.5, 0.6) is 0 Å². The fourth-order valence-electron chi connectivity index (χ4n) is 2.17. The van der Waals surface area contributed by atoms with E-state index in [1.54, 1.807) is 6.92 Å². The summed E-state index contributed by atoms with van der Waals surface area (Å²) in [5.41, 5.74) is 4.23. The number of benzene rings is 1. The lowest BCUT2D eigenvalue weighted by Crippen LogP contribution is -2.05. The smallest absolute Gasteiger partial charge is 0.161 e. The van der Waals surface area contributed by atoms with Crippen molar-refractivity contribution in [1.29, 1.82) is 0 Å². The third kappa shape index (κ3) is 2.56. The quantitative estimate of drug-likeness (QED) is 0.782. The molecule has 3 heteroatoms. The molecule has 0 atom stereocenters. The van der Waals surface area contributed by atoms with Crippen molar-refractivity contribution < 1.29 is 4.79 Å². The maximum absolute atomic E-state index is 11.5. The first-order chi connectivity index (χ1) is 8.49. The maximum Gasteiger partial charge on any atom is 0.161 e. The molecule has 2 rings (SSSR count). The van der Waals surface area contributed by atoms with Gasteiger partial charge >= 0.3 is 0 Å². The maximum atomic E-state index is 11.5. The zero-order chi connectivity index (χ0) is 13.3. The third-order valence-electron chi connectivity index (χ3n) is 3.21. The van der Waals surface area contributed by atoms with E-state index in [1.165, 1.54) is 5.56 Å². The van der Waals surface area contributed by atoms with Gasteiger partial charge in [-0.2, -0.15) is 0 Å². The summed E-state index contributed by atoms with van der Waals surface area (Å²) in [6.45, 7) is 6.46. The molecule has 1 heterocycles. The number of hydrogen-bond acceptors (Lipinski definition) is 1. The largest absolute Gasteiger partial charge is 0.344 e. The van der Waals surface area contributed by atoms with Crippen LogP contribution in [0.25, 0.3) is 0 Å². The Bertz CT molecular complexity index is 581. The molecule has 0 fully saturated rings. The van der Waals surface area contributed by atoms with Crippen molar-refractivity contribution in [3.8, 4) is 0 Å². The van der Waals surface area contributed by atoms with Crippen LogP contribution >= 0.6 is 15.9 Å². The Hall–Kier alpha value is -1.35. The van der Waals surface area contributed by atoms with E-state index in [0.29, 0.717) is 0 Å². The molecule has 94 valence electrons. The number of halogens is 1. The minimum atomic E-state index is 0.130. The normalized spacial score (nSPS) is 10.7. The van der Waals surface area contributed by atoms with Crippen molar-refractivity contribution in [2.24, 2.45) is 0 Å². The minimum Gasteiger partial charge on any atom is -0.344 e. The van der Waals surface area contributed by atoms with Crippen molar-refractivity contribution >= 4 is 21.7 Å². The van der Waals surface area contributed by atoms with Gasteiger partial charge in [-0.25, -0.2) is 0 Å². The average molecular weight is 306 g/mol.